The predicted octanol–water partition coefficient (Wildman–Crippen LogP) is 9.91. The molecule has 0 bridgehead atoms. The average Bonchev–Trinajstić information content (AvgIpc) is 3.55. The molecule has 3 aromatic carbocycles. The molecule has 0 amide bonds. The summed E-state index contributed by atoms with van der Waals surface area (Å²) in [5.41, 5.74) is 7.71. The molecule has 2 aliphatic rings. The van der Waals surface area contributed by atoms with Crippen LogP contribution in [0.15, 0.2) is 113 Å². The third kappa shape index (κ3) is 6.57. The molecule has 0 atom stereocenters. The normalized spacial score (nSPS) is 17.9. The number of thiazole rings is 1. The molecule has 1 aliphatic heterocycles. The fraction of sp³-hybridized carbons (Fsp3) is 0.270. The summed E-state index contributed by atoms with van der Waals surface area (Å²) in [5.74, 6) is 1.67. The summed E-state index contributed by atoms with van der Waals surface area (Å²) in [6, 6.07) is 23.5. The molecule has 0 saturated carbocycles. The maximum Gasteiger partial charge on any atom is 0.263 e. The van der Waals surface area contributed by atoms with E-state index in [-0.39, 0.29) is 5.41 Å². The molecular weight excluding hydrogens is 585 g/mol. The number of benzene rings is 3. The minimum Gasteiger partial charge on any atom is -0.439 e. The van der Waals surface area contributed by atoms with Crippen LogP contribution in [-0.2, 0) is 15.8 Å². The van der Waals surface area contributed by atoms with Crippen molar-refractivity contribution in [3.63, 3.8) is 0 Å². The minimum atomic E-state index is 0.176. The van der Waals surface area contributed by atoms with E-state index in [0.717, 1.165) is 48.1 Å². The molecule has 44 heavy (non-hydrogen) atoms. The van der Waals surface area contributed by atoms with E-state index in [0.29, 0.717) is 0 Å². The Balaban J connectivity index is 1.26. The van der Waals surface area contributed by atoms with Crippen LogP contribution in [0.4, 0.5) is 5.69 Å². The molecule has 1 aromatic heterocycles. The first-order chi connectivity index (χ1) is 21.4. The molecule has 0 saturated heterocycles. The van der Waals surface area contributed by atoms with E-state index in [1.165, 1.54) is 56.6 Å². The minimum absolute atomic E-state index is 0.176. The van der Waals surface area contributed by atoms with Crippen LogP contribution in [0.3, 0.4) is 0 Å². The van der Waals surface area contributed by atoms with E-state index >= 15 is 0 Å². The molecule has 0 spiro atoms. The summed E-state index contributed by atoms with van der Waals surface area (Å²) < 4.78 is 15.0. The smallest absolute Gasteiger partial charge is 0.263 e. The lowest BCUT2D eigenvalue weighted by Crippen LogP contribution is -2.33. The van der Waals surface area contributed by atoms with Crippen molar-refractivity contribution >= 4 is 45.4 Å². The Morgan fingerprint density at radius 3 is 2.64 bits per heavy atom. The number of allylic oxidation sites excluding steroid dienone is 6. The Labute approximate surface area is 268 Å². The molecule has 0 unspecified atom stereocenters. The Kier molecular flexibility index (Phi) is 9.10. The molecule has 0 radical (unpaired) electrons. The highest BCUT2D eigenvalue weighted by molar-refractivity contribution is 7.94. The van der Waals surface area contributed by atoms with Crippen LogP contribution in [-0.4, -0.2) is 13.7 Å². The number of aryl methyl sites for hydroxylation is 1. The third-order valence-electron chi connectivity index (χ3n) is 7.96. The lowest BCUT2D eigenvalue weighted by molar-refractivity contribution is -0.665. The lowest BCUT2D eigenvalue weighted by atomic mass is 9.75. The number of nitrogens with zero attached hydrogens (tertiary/aromatic N) is 2. The molecule has 0 fully saturated rings. The number of aromatic nitrogens is 1. The summed E-state index contributed by atoms with van der Waals surface area (Å²) in [5, 5.41) is 1.30. The van der Waals surface area contributed by atoms with Gasteiger partial charge in [0.1, 0.15) is 11.2 Å². The van der Waals surface area contributed by atoms with Crippen molar-refractivity contribution in [3.8, 4) is 16.9 Å². The molecule has 1 aliphatic carbocycles. The SMILES string of the molecule is CCN1/C(=C/C=C/C2=CC(=C/c3sc4ccc(-c5ccccc5)cc4[n+]3CC)/CC(C)(C)C2)Oc2ccc(SOOC)cc21. The monoisotopic (exact) mass is 623 g/mol. The zero-order chi connectivity index (χ0) is 30.7. The van der Waals surface area contributed by atoms with E-state index < -0.39 is 0 Å². The second-order valence-corrected chi connectivity index (χ2v) is 13.7. The first-order valence-corrected chi connectivity index (χ1v) is 16.7. The van der Waals surface area contributed by atoms with Gasteiger partial charge in [0.25, 0.3) is 5.01 Å². The van der Waals surface area contributed by atoms with Crippen molar-refractivity contribution in [3.05, 3.63) is 113 Å². The standard InChI is InChI=1S/C37H39N2O3S2/c1-6-38-31-23-30(44-42-40-5)17-18-33(31)41-35(38)15-11-12-26-20-27(25-37(3,4)24-26)21-36-39(7-2)32-22-29(16-19-34(32)43-36)28-13-9-8-10-14-28/h8-23H,6-7,24-25H2,1-5H3/q+1. The third-order valence-corrected chi connectivity index (χ3v) is 9.73. The zero-order valence-electron chi connectivity index (χ0n) is 26.0. The van der Waals surface area contributed by atoms with Gasteiger partial charge >= 0.3 is 0 Å². The van der Waals surface area contributed by atoms with Crippen molar-refractivity contribution in [2.45, 2.75) is 52.0 Å². The number of fused-ring (bicyclic) bond motifs is 2. The molecule has 7 heteroatoms. The summed E-state index contributed by atoms with van der Waals surface area (Å²) in [6.45, 7) is 10.8. The van der Waals surface area contributed by atoms with Crippen LogP contribution in [0.5, 0.6) is 5.75 Å². The second-order valence-electron chi connectivity index (χ2n) is 11.8. The topological polar surface area (TPSA) is 34.8 Å². The summed E-state index contributed by atoms with van der Waals surface area (Å²) in [4.78, 5) is 7.87. The molecule has 4 aromatic rings. The van der Waals surface area contributed by atoms with Crippen molar-refractivity contribution in [2.75, 3.05) is 18.6 Å². The Hall–Kier alpha value is -3.62. The fourth-order valence-corrected chi connectivity index (χ4v) is 7.73. The van der Waals surface area contributed by atoms with E-state index in [1.54, 1.807) is 0 Å². The quantitative estimate of drug-likeness (QED) is 0.0803. The van der Waals surface area contributed by atoms with Gasteiger partial charge < -0.3 is 9.64 Å². The van der Waals surface area contributed by atoms with Crippen LogP contribution < -0.4 is 14.2 Å². The summed E-state index contributed by atoms with van der Waals surface area (Å²) in [7, 11) is 1.50. The Bertz CT molecular complexity index is 1780. The van der Waals surface area contributed by atoms with Crippen molar-refractivity contribution in [1.82, 2.24) is 0 Å². The second kappa shape index (κ2) is 13.2. The van der Waals surface area contributed by atoms with Crippen molar-refractivity contribution < 1.29 is 18.5 Å². The first kappa shape index (κ1) is 30.4. The van der Waals surface area contributed by atoms with Gasteiger partial charge in [-0.2, -0.15) is 8.90 Å². The van der Waals surface area contributed by atoms with E-state index in [9.17, 15) is 0 Å². The number of rotatable bonds is 9. The highest BCUT2D eigenvalue weighted by atomic mass is 32.2. The largest absolute Gasteiger partial charge is 0.439 e. The van der Waals surface area contributed by atoms with Gasteiger partial charge in [0.05, 0.1) is 24.8 Å². The number of hydrogen-bond donors (Lipinski definition) is 0. The number of anilines is 1. The molecule has 6 rings (SSSR count). The Morgan fingerprint density at radius 1 is 1.02 bits per heavy atom. The van der Waals surface area contributed by atoms with Crippen LogP contribution in [0.25, 0.3) is 27.4 Å². The average molecular weight is 624 g/mol. The molecule has 0 N–H and O–H groups in total. The van der Waals surface area contributed by atoms with Gasteiger partial charge in [-0.05, 0) is 84.7 Å². The van der Waals surface area contributed by atoms with Crippen molar-refractivity contribution in [2.24, 2.45) is 5.41 Å². The van der Waals surface area contributed by atoms with E-state index in [2.05, 4.69) is 122 Å². The van der Waals surface area contributed by atoms with Crippen LogP contribution >= 0.6 is 23.4 Å². The van der Waals surface area contributed by atoms with Crippen LogP contribution in [0, 0.1) is 5.41 Å². The van der Waals surface area contributed by atoms with Gasteiger partial charge in [0.2, 0.25) is 11.4 Å². The highest BCUT2D eigenvalue weighted by Crippen LogP contribution is 2.42. The summed E-state index contributed by atoms with van der Waals surface area (Å²) >= 11 is 3.06. The predicted molar refractivity (Wildman–Crippen MR) is 183 cm³/mol. The van der Waals surface area contributed by atoms with Gasteiger partial charge in [-0.1, -0.05) is 79.8 Å². The lowest BCUT2D eigenvalue weighted by Gasteiger charge is -2.30. The first-order valence-electron chi connectivity index (χ1n) is 15.2. The number of hydrogen-bond acceptors (Lipinski definition) is 6. The van der Waals surface area contributed by atoms with Crippen LogP contribution in [0.1, 0.15) is 45.5 Å². The molecule has 2 heterocycles. The van der Waals surface area contributed by atoms with E-state index in [1.807, 2.05) is 23.5 Å². The van der Waals surface area contributed by atoms with Gasteiger partial charge in [-0.15, -0.1) is 0 Å². The van der Waals surface area contributed by atoms with Gasteiger partial charge in [-0.25, -0.2) is 4.89 Å². The highest BCUT2D eigenvalue weighted by Gasteiger charge is 2.27. The Morgan fingerprint density at radius 2 is 1.86 bits per heavy atom. The summed E-state index contributed by atoms with van der Waals surface area (Å²) in [6.07, 6.45) is 13.3. The maximum absolute atomic E-state index is 6.21. The maximum atomic E-state index is 6.21. The van der Waals surface area contributed by atoms with Crippen LogP contribution in [0.2, 0.25) is 0 Å². The van der Waals surface area contributed by atoms with Gasteiger partial charge in [-0.3, -0.25) is 0 Å². The fourth-order valence-electron chi connectivity index (χ4n) is 6.12. The van der Waals surface area contributed by atoms with Crippen molar-refractivity contribution in [1.29, 1.82) is 0 Å². The molecular formula is C37H39N2O3S2+. The van der Waals surface area contributed by atoms with Gasteiger partial charge in [0, 0.05) is 23.6 Å². The van der Waals surface area contributed by atoms with Gasteiger partial charge in [0.15, 0.2) is 5.75 Å². The zero-order valence-corrected chi connectivity index (χ0v) is 27.6. The molecule has 5 nitrogen and oxygen atoms in total. The van der Waals surface area contributed by atoms with E-state index in [4.69, 9.17) is 14.0 Å². The number of ether oxygens (including phenoxy) is 1. The molecule has 226 valence electrons.